The van der Waals surface area contributed by atoms with Gasteiger partial charge in [0.1, 0.15) is 5.75 Å². The van der Waals surface area contributed by atoms with Gasteiger partial charge in [-0.15, -0.1) is 0 Å². The zero-order valence-corrected chi connectivity index (χ0v) is 24.4. The Morgan fingerprint density at radius 2 is 1.95 bits per heavy atom. The highest BCUT2D eigenvalue weighted by Crippen LogP contribution is 2.41. The number of amides is 2. The van der Waals surface area contributed by atoms with Crippen LogP contribution in [0.3, 0.4) is 0 Å². The van der Waals surface area contributed by atoms with Gasteiger partial charge in [0, 0.05) is 23.5 Å². The van der Waals surface area contributed by atoms with Crippen LogP contribution in [0.2, 0.25) is 0 Å². The summed E-state index contributed by atoms with van der Waals surface area (Å²) in [6, 6.07) is 9.39. The van der Waals surface area contributed by atoms with Gasteiger partial charge in [-0.25, -0.2) is 18.4 Å². The summed E-state index contributed by atoms with van der Waals surface area (Å²) in [6.07, 6.45) is 4.40. The first-order valence-electron chi connectivity index (χ1n) is 14.5. The number of fused-ring (bicyclic) bond motifs is 2. The van der Waals surface area contributed by atoms with E-state index in [0.29, 0.717) is 68.8 Å². The van der Waals surface area contributed by atoms with E-state index in [9.17, 15) is 18.4 Å². The van der Waals surface area contributed by atoms with Crippen molar-refractivity contribution in [3.05, 3.63) is 71.1 Å². The van der Waals surface area contributed by atoms with Crippen molar-refractivity contribution in [2.45, 2.75) is 52.2 Å². The topological polar surface area (TPSA) is 115 Å². The molecule has 6 rings (SSSR count). The number of carbonyl (C=O) groups is 2. The molecule has 11 heteroatoms. The lowest BCUT2D eigenvalue weighted by Crippen LogP contribution is -2.40. The number of carbonyl (C=O) groups excluding carboxylic acids is 2. The zero-order valence-electron chi connectivity index (χ0n) is 24.4. The fourth-order valence-electron chi connectivity index (χ4n) is 6.09. The molecule has 1 aliphatic heterocycles. The van der Waals surface area contributed by atoms with Crippen molar-refractivity contribution in [1.29, 1.82) is 0 Å². The Morgan fingerprint density at radius 1 is 1.16 bits per heavy atom. The third-order valence-corrected chi connectivity index (χ3v) is 8.30. The lowest BCUT2D eigenvalue weighted by molar-refractivity contribution is -0.121. The van der Waals surface area contributed by atoms with Crippen LogP contribution in [-0.2, 0) is 24.3 Å². The van der Waals surface area contributed by atoms with Crippen LogP contribution in [0.1, 0.15) is 48.3 Å². The highest BCUT2D eigenvalue weighted by Gasteiger charge is 2.31. The predicted octanol–water partition coefficient (Wildman–Crippen LogP) is 4.60. The van der Waals surface area contributed by atoms with E-state index in [1.54, 1.807) is 24.4 Å². The van der Waals surface area contributed by atoms with Gasteiger partial charge in [0.2, 0.25) is 0 Å². The zero-order chi connectivity index (χ0) is 30.4. The molecule has 0 spiro atoms. The third kappa shape index (κ3) is 5.45. The molecule has 2 aromatic heterocycles. The number of pyridine rings is 1. The number of hydrogen-bond acceptors (Lipinski definition) is 6. The Morgan fingerprint density at radius 3 is 2.65 bits per heavy atom. The number of ether oxygens (including phenoxy) is 1. The highest BCUT2D eigenvalue weighted by molar-refractivity contribution is 6.09. The summed E-state index contributed by atoms with van der Waals surface area (Å²) in [6.45, 7) is 4.66. The van der Waals surface area contributed by atoms with Crippen molar-refractivity contribution in [1.82, 2.24) is 20.1 Å². The Hall–Kier alpha value is -4.38. The monoisotopic (exact) mass is 588 g/mol. The van der Waals surface area contributed by atoms with Crippen LogP contribution in [-0.4, -0.2) is 46.3 Å². The van der Waals surface area contributed by atoms with Gasteiger partial charge in [-0.05, 0) is 73.5 Å². The summed E-state index contributed by atoms with van der Waals surface area (Å²) in [4.78, 5) is 32.3. The molecule has 9 nitrogen and oxygen atoms in total. The minimum Gasteiger partial charge on any atom is -0.482 e. The standard InChI is InChI=1S/C32H34F2N6O3/c1-17(2)8-25-30(31(35)42)29(22-13-37-40(32(22)38-25)15-19-9-21(10-19)36-3)20-5-7-26-27(12-20)43-16-28(41)39(26)14-18-4-6-23(33)24(34)11-18/h4-7,11-13,17,19,21,36H,8-10,14-16H2,1-3H3,(H2,35,42). The van der Waals surface area contributed by atoms with E-state index in [4.69, 9.17) is 15.5 Å². The number of rotatable bonds is 9. The van der Waals surface area contributed by atoms with Gasteiger partial charge in [-0.3, -0.25) is 9.59 Å². The molecule has 0 radical (unpaired) electrons. The normalized spacial score (nSPS) is 18.1. The smallest absolute Gasteiger partial charge is 0.265 e. The Bertz CT molecular complexity index is 1730. The first kappa shape index (κ1) is 28.7. The molecule has 0 bridgehead atoms. The Kier molecular flexibility index (Phi) is 7.59. The summed E-state index contributed by atoms with van der Waals surface area (Å²) in [5.74, 6) is -1.71. The van der Waals surface area contributed by atoms with E-state index in [-0.39, 0.29) is 25.0 Å². The van der Waals surface area contributed by atoms with Gasteiger partial charge in [0.15, 0.2) is 23.9 Å². The van der Waals surface area contributed by atoms with Gasteiger partial charge < -0.3 is 20.7 Å². The molecular formula is C32H34F2N6O3. The van der Waals surface area contributed by atoms with Gasteiger partial charge >= 0.3 is 0 Å². The third-order valence-electron chi connectivity index (χ3n) is 8.30. The van der Waals surface area contributed by atoms with Crippen LogP contribution in [0.15, 0.2) is 42.6 Å². The molecule has 2 aliphatic rings. The average Bonchev–Trinajstić information content (AvgIpc) is 3.34. The molecule has 4 aromatic rings. The SMILES string of the molecule is CNC1CC(Cn2ncc3c(-c4ccc5c(c4)OCC(=O)N5Cc4ccc(F)c(F)c4)c(C(N)=O)c(CC(C)C)nc32)C1. The fourth-order valence-corrected chi connectivity index (χ4v) is 6.09. The summed E-state index contributed by atoms with van der Waals surface area (Å²) >= 11 is 0. The lowest BCUT2D eigenvalue weighted by atomic mass is 9.80. The van der Waals surface area contributed by atoms with Crippen LogP contribution in [0, 0.1) is 23.5 Å². The second-order valence-electron chi connectivity index (χ2n) is 11.9. The van der Waals surface area contributed by atoms with E-state index < -0.39 is 17.5 Å². The number of nitrogens with two attached hydrogens (primary N) is 1. The molecule has 3 heterocycles. The Balaban J connectivity index is 1.44. The summed E-state index contributed by atoms with van der Waals surface area (Å²) in [5.41, 5.74) is 9.86. The molecular weight excluding hydrogens is 554 g/mol. The maximum atomic E-state index is 13.9. The van der Waals surface area contributed by atoms with Crippen molar-refractivity contribution in [2.24, 2.45) is 17.6 Å². The van der Waals surface area contributed by atoms with Crippen molar-refractivity contribution < 1.29 is 23.1 Å². The molecule has 0 unspecified atom stereocenters. The quantitative estimate of drug-likeness (QED) is 0.296. The van der Waals surface area contributed by atoms with Crippen molar-refractivity contribution in [3.63, 3.8) is 0 Å². The van der Waals surface area contributed by atoms with Crippen LogP contribution < -0.4 is 20.7 Å². The number of primary amides is 1. The molecule has 1 saturated carbocycles. The fraction of sp³-hybridized carbons (Fsp3) is 0.375. The largest absolute Gasteiger partial charge is 0.482 e. The second-order valence-corrected chi connectivity index (χ2v) is 11.9. The van der Waals surface area contributed by atoms with Gasteiger partial charge in [-0.2, -0.15) is 5.10 Å². The van der Waals surface area contributed by atoms with E-state index in [2.05, 4.69) is 24.3 Å². The Labute approximate surface area is 248 Å². The minimum absolute atomic E-state index is 0.0403. The van der Waals surface area contributed by atoms with Crippen molar-refractivity contribution in [2.75, 3.05) is 18.6 Å². The molecule has 3 N–H and O–H groups in total. The molecule has 0 saturated heterocycles. The van der Waals surface area contributed by atoms with Gasteiger partial charge in [0.25, 0.3) is 11.8 Å². The number of benzene rings is 2. The minimum atomic E-state index is -0.980. The summed E-state index contributed by atoms with van der Waals surface area (Å²) in [7, 11) is 1.97. The first-order valence-corrected chi connectivity index (χ1v) is 14.5. The number of hydrogen-bond donors (Lipinski definition) is 2. The maximum Gasteiger partial charge on any atom is 0.265 e. The molecule has 1 fully saturated rings. The van der Waals surface area contributed by atoms with Crippen LogP contribution in [0.25, 0.3) is 22.2 Å². The van der Waals surface area contributed by atoms with Crippen molar-refractivity contribution >= 4 is 28.5 Å². The first-order chi connectivity index (χ1) is 20.6. The molecule has 1 aliphatic carbocycles. The van der Waals surface area contributed by atoms with E-state index in [0.717, 1.165) is 31.5 Å². The second kappa shape index (κ2) is 11.4. The van der Waals surface area contributed by atoms with Crippen LogP contribution in [0.5, 0.6) is 5.75 Å². The molecule has 2 amide bonds. The molecule has 2 aromatic carbocycles. The van der Waals surface area contributed by atoms with Gasteiger partial charge in [0.05, 0.1) is 29.7 Å². The van der Waals surface area contributed by atoms with Crippen LogP contribution in [0.4, 0.5) is 14.5 Å². The maximum absolute atomic E-state index is 13.9. The average molecular weight is 589 g/mol. The van der Waals surface area contributed by atoms with E-state index in [1.165, 1.54) is 11.0 Å². The molecule has 224 valence electrons. The number of anilines is 1. The molecule has 43 heavy (non-hydrogen) atoms. The molecule has 0 atom stereocenters. The number of halogens is 2. The predicted molar refractivity (Wildman–Crippen MR) is 159 cm³/mol. The highest BCUT2D eigenvalue weighted by atomic mass is 19.2. The van der Waals surface area contributed by atoms with E-state index >= 15 is 0 Å². The number of nitrogens with one attached hydrogen (secondary N) is 1. The summed E-state index contributed by atoms with van der Waals surface area (Å²) in [5, 5.41) is 8.70. The van der Waals surface area contributed by atoms with Crippen molar-refractivity contribution in [3.8, 4) is 16.9 Å². The van der Waals surface area contributed by atoms with E-state index in [1.807, 2.05) is 11.7 Å². The number of nitrogens with zero attached hydrogens (tertiary/aromatic N) is 4. The number of aromatic nitrogens is 3. The lowest BCUT2D eigenvalue weighted by Gasteiger charge is -2.35. The van der Waals surface area contributed by atoms with Gasteiger partial charge in [-0.1, -0.05) is 26.0 Å². The summed E-state index contributed by atoms with van der Waals surface area (Å²) < 4.78 is 35.1. The van der Waals surface area contributed by atoms with Crippen LogP contribution >= 0.6 is 0 Å².